The average molecular weight is 608 g/mol. The lowest BCUT2D eigenvalue weighted by Crippen LogP contribution is -2.65. The topological polar surface area (TPSA) is 105 Å². The molecule has 1 aliphatic heterocycles. The number of benzene rings is 1. The summed E-state index contributed by atoms with van der Waals surface area (Å²) in [5.74, 6) is 2.25. The molecular formula is C36H38FN5O3. The fourth-order valence-corrected chi connectivity index (χ4v) is 9.31. The molecule has 232 valence electrons. The number of hydrogen-bond acceptors (Lipinski definition) is 7. The second-order valence-electron chi connectivity index (χ2n) is 15.3. The van der Waals surface area contributed by atoms with Crippen molar-refractivity contribution in [3.05, 3.63) is 58.9 Å². The molecule has 4 bridgehead atoms. The Morgan fingerprint density at radius 2 is 1.82 bits per heavy atom. The molecule has 0 radical (unpaired) electrons. The summed E-state index contributed by atoms with van der Waals surface area (Å²) in [7, 11) is 0. The smallest absolute Gasteiger partial charge is 0.232 e. The highest BCUT2D eigenvalue weighted by molar-refractivity contribution is 5.95. The number of fused-ring (bicyclic) bond motifs is 4. The molecule has 3 aromatic rings. The summed E-state index contributed by atoms with van der Waals surface area (Å²) in [6.07, 6.45) is 10.9. The Labute approximate surface area is 262 Å². The SMILES string of the molecule is N#Cc1cc2c(nc1-c1cccc(N(CC34CCC(c5nc(C6CC6)no5)(CC3)CC4)C(=O)CC34CC(F)(C3)C4)c1)CCOC2. The van der Waals surface area contributed by atoms with Crippen molar-refractivity contribution in [2.45, 2.75) is 107 Å². The molecule has 1 amide bonds. The Balaban J connectivity index is 1.01. The maximum absolute atomic E-state index is 14.5. The van der Waals surface area contributed by atoms with Crippen LogP contribution in [-0.2, 0) is 28.0 Å². The van der Waals surface area contributed by atoms with Crippen LogP contribution in [0.5, 0.6) is 0 Å². The summed E-state index contributed by atoms with van der Waals surface area (Å²) >= 11 is 0. The molecule has 2 aromatic heterocycles. The van der Waals surface area contributed by atoms with E-state index >= 15 is 0 Å². The van der Waals surface area contributed by atoms with Crippen LogP contribution in [0.2, 0.25) is 0 Å². The second kappa shape index (κ2) is 9.68. The third-order valence-electron chi connectivity index (χ3n) is 12.1. The summed E-state index contributed by atoms with van der Waals surface area (Å²) in [4.78, 5) is 26.0. The van der Waals surface area contributed by atoms with E-state index in [9.17, 15) is 14.4 Å². The number of alkyl halides is 1. The zero-order valence-electron chi connectivity index (χ0n) is 25.6. The quantitative estimate of drug-likeness (QED) is 0.275. The van der Waals surface area contributed by atoms with Gasteiger partial charge >= 0.3 is 0 Å². The van der Waals surface area contributed by atoms with Crippen LogP contribution in [0.4, 0.5) is 10.1 Å². The standard InChI is InChI=1S/C36H38FN5O3/c37-36-19-34(20-36,21-36)16-29(43)42(22-33-7-10-35(11-8-33,12-9-33)32-40-31(41-45-32)23-4-5-23)27-3-1-2-24(15-27)30-25(17-38)14-26-18-44-13-6-28(26)39-30/h1-3,14-15,23H,4-13,16,18-22H2. The van der Waals surface area contributed by atoms with Crippen molar-refractivity contribution in [1.29, 1.82) is 5.26 Å². The molecule has 0 atom stereocenters. The van der Waals surface area contributed by atoms with Crippen LogP contribution >= 0.6 is 0 Å². The molecule has 9 heteroatoms. The van der Waals surface area contributed by atoms with Crippen LogP contribution in [-0.4, -0.2) is 39.9 Å². The van der Waals surface area contributed by atoms with Crippen LogP contribution in [0.15, 0.2) is 34.9 Å². The van der Waals surface area contributed by atoms with Crippen molar-refractivity contribution >= 4 is 11.6 Å². The van der Waals surface area contributed by atoms with E-state index in [-0.39, 0.29) is 22.2 Å². The van der Waals surface area contributed by atoms with Crippen LogP contribution in [0.1, 0.15) is 112 Å². The fourth-order valence-electron chi connectivity index (χ4n) is 9.31. The Bertz CT molecular complexity index is 1710. The molecule has 11 rings (SSSR count). The summed E-state index contributed by atoms with van der Waals surface area (Å²) in [5.41, 5.74) is 3.49. The number of nitriles is 1. The molecule has 8 aliphatic rings. The number of aromatic nitrogens is 3. The number of hydrogen-bond donors (Lipinski definition) is 0. The van der Waals surface area contributed by atoms with Crippen molar-refractivity contribution in [3.63, 3.8) is 0 Å². The number of carbonyl (C=O) groups excluding carboxylic acids is 1. The predicted octanol–water partition coefficient (Wildman–Crippen LogP) is 6.86. The van der Waals surface area contributed by atoms with Crippen LogP contribution in [0.3, 0.4) is 0 Å². The van der Waals surface area contributed by atoms with E-state index in [1.54, 1.807) is 0 Å². The zero-order valence-corrected chi connectivity index (χ0v) is 25.6. The minimum atomic E-state index is -1.04. The van der Waals surface area contributed by atoms with Crippen molar-refractivity contribution in [2.75, 3.05) is 18.1 Å². The van der Waals surface area contributed by atoms with Gasteiger partial charge in [0.2, 0.25) is 11.8 Å². The average Bonchev–Trinajstić information content (AvgIpc) is 3.78. The second-order valence-corrected chi connectivity index (χ2v) is 15.3. The Morgan fingerprint density at radius 1 is 1.04 bits per heavy atom. The maximum atomic E-state index is 14.5. The summed E-state index contributed by atoms with van der Waals surface area (Å²) < 4.78 is 25.9. The molecule has 0 spiro atoms. The van der Waals surface area contributed by atoms with E-state index < -0.39 is 5.67 Å². The van der Waals surface area contributed by atoms with Gasteiger partial charge in [-0.15, -0.1) is 0 Å². The number of rotatable bonds is 8. The number of ether oxygens (including phenoxy) is 1. The number of amides is 1. The largest absolute Gasteiger partial charge is 0.376 e. The van der Waals surface area contributed by atoms with Gasteiger partial charge in [0.1, 0.15) is 11.7 Å². The molecule has 3 heterocycles. The first-order valence-corrected chi connectivity index (χ1v) is 16.7. The number of pyridine rings is 1. The van der Waals surface area contributed by atoms with Crippen molar-refractivity contribution in [2.24, 2.45) is 10.8 Å². The van der Waals surface area contributed by atoms with E-state index in [2.05, 4.69) is 11.2 Å². The lowest BCUT2D eigenvalue weighted by atomic mass is 9.41. The number of anilines is 1. The first-order valence-electron chi connectivity index (χ1n) is 16.7. The van der Waals surface area contributed by atoms with Gasteiger partial charge in [-0.2, -0.15) is 10.2 Å². The highest BCUT2D eigenvalue weighted by Crippen LogP contribution is 2.71. The van der Waals surface area contributed by atoms with Crippen LogP contribution in [0, 0.1) is 22.2 Å². The molecule has 45 heavy (non-hydrogen) atoms. The van der Waals surface area contributed by atoms with Crippen LogP contribution in [0.25, 0.3) is 11.3 Å². The van der Waals surface area contributed by atoms with E-state index in [1.807, 2.05) is 35.2 Å². The van der Waals surface area contributed by atoms with Crippen molar-refractivity contribution in [1.82, 2.24) is 15.1 Å². The monoisotopic (exact) mass is 607 g/mol. The minimum Gasteiger partial charge on any atom is -0.376 e. The molecular weight excluding hydrogens is 569 g/mol. The van der Waals surface area contributed by atoms with Gasteiger partial charge in [-0.1, -0.05) is 17.3 Å². The fraction of sp³-hybridized carbons (Fsp3) is 0.583. The normalized spacial score (nSPS) is 32.6. The predicted molar refractivity (Wildman–Crippen MR) is 163 cm³/mol. The highest BCUT2D eigenvalue weighted by Gasteiger charge is 2.69. The van der Waals surface area contributed by atoms with Gasteiger partial charge < -0.3 is 14.2 Å². The molecule has 0 saturated heterocycles. The van der Waals surface area contributed by atoms with Gasteiger partial charge in [0, 0.05) is 53.2 Å². The maximum Gasteiger partial charge on any atom is 0.232 e. The first kappa shape index (κ1) is 27.7. The van der Waals surface area contributed by atoms with Gasteiger partial charge in [-0.05, 0) is 99.7 Å². The van der Waals surface area contributed by atoms with Crippen molar-refractivity contribution in [3.8, 4) is 17.3 Å². The van der Waals surface area contributed by atoms with E-state index in [1.165, 1.54) is 0 Å². The summed E-state index contributed by atoms with van der Waals surface area (Å²) in [6, 6.07) is 12.2. The third kappa shape index (κ3) is 4.54. The van der Waals surface area contributed by atoms with Crippen LogP contribution < -0.4 is 4.90 Å². The molecule has 1 aromatic carbocycles. The third-order valence-corrected chi connectivity index (χ3v) is 12.1. The van der Waals surface area contributed by atoms with Gasteiger partial charge in [0.15, 0.2) is 5.82 Å². The first-order chi connectivity index (χ1) is 21.8. The molecule has 7 fully saturated rings. The molecule has 7 aliphatic carbocycles. The molecule has 7 saturated carbocycles. The zero-order chi connectivity index (χ0) is 30.4. The Hall–Kier alpha value is -3.64. The molecule has 0 unspecified atom stereocenters. The number of carbonyl (C=O) groups is 1. The van der Waals surface area contributed by atoms with Gasteiger partial charge in [-0.25, -0.2) is 4.39 Å². The van der Waals surface area contributed by atoms with Crippen molar-refractivity contribution < 1.29 is 18.4 Å². The molecule has 0 N–H and O–H groups in total. The molecule has 8 nitrogen and oxygen atoms in total. The van der Waals surface area contributed by atoms with E-state index in [4.69, 9.17) is 19.2 Å². The van der Waals surface area contributed by atoms with Gasteiger partial charge in [0.05, 0.1) is 24.5 Å². The number of nitrogens with zero attached hydrogens (tertiary/aromatic N) is 5. The van der Waals surface area contributed by atoms with E-state index in [0.29, 0.717) is 69.0 Å². The highest BCUT2D eigenvalue weighted by atomic mass is 19.1. The number of halogens is 1. The summed E-state index contributed by atoms with van der Waals surface area (Å²) in [6.45, 7) is 1.73. The van der Waals surface area contributed by atoms with Gasteiger partial charge in [0.25, 0.3) is 0 Å². The Morgan fingerprint density at radius 3 is 2.53 bits per heavy atom. The lowest BCUT2D eigenvalue weighted by molar-refractivity contribution is -0.215. The lowest BCUT2D eigenvalue weighted by Gasteiger charge is -2.66. The Kier molecular flexibility index (Phi) is 5.95. The van der Waals surface area contributed by atoms with E-state index in [0.717, 1.165) is 85.6 Å². The van der Waals surface area contributed by atoms with Gasteiger partial charge in [-0.3, -0.25) is 9.78 Å². The minimum absolute atomic E-state index is 0.00931. The summed E-state index contributed by atoms with van der Waals surface area (Å²) in [5, 5.41) is 14.3.